The highest BCUT2D eigenvalue weighted by Crippen LogP contribution is 1.91. The smallest absolute Gasteiger partial charge is 0.00934 e. The molecule has 0 N–H and O–H groups in total. The zero-order valence-corrected chi connectivity index (χ0v) is 7.29. The van der Waals surface area contributed by atoms with Crippen LogP contribution in [0.25, 0.3) is 0 Å². The Balaban J connectivity index is 0.000000148. The van der Waals surface area contributed by atoms with Crippen LogP contribution in [0.5, 0.6) is 0 Å². The van der Waals surface area contributed by atoms with Crippen LogP contribution in [0.15, 0.2) is 22.9 Å². The lowest BCUT2D eigenvalue weighted by Gasteiger charge is -1.67. The SMILES string of the molecule is CCCS.c1ccsc1. The molecule has 1 aromatic heterocycles. The summed E-state index contributed by atoms with van der Waals surface area (Å²) in [4.78, 5) is 0. The van der Waals surface area contributed by atoms with Crippen molar-refractivity contribution in [3.8, 4) is 0 Å². The van der Waals surface area contributed by atoms with Gasteiger partial charge in [-0.3, -0.25) is 0 Å². The van der Waals surface area contributed by atoms with Gasteiger partial charge in [-0.1, -0.05) is 19.1 Å². The van der Waals surface area contributed by atoms with E-state index in [9.17, 15) is 0 Å². The molecule has 0 aliphatic heterocycles. The third kappa shape index (κ3) is 8.05. The van der Waals surface area contributed by atoms with Crippen LogP contribution in [-0.4, -0.2) is 5.75 Å². The third-order valence-corrected chi connectivity index (χ3v) is 1.72. The Morgan fingerprint density at radius 2 is 1.78 bits per heavy atom. The Labute approximate surface area is 66.3 Å². The molecule has 2 heteroatoms. The van der Waals surface area contributed by atoms with Gasteiger partial charge < -0.3 is 0 Å². The van der Waals surface area contributed by atoms with Gasteiger partial charge in [-0.25, -0.2) is 0 Å². The molecule has 0 fully saturated rings. The molecule has 52 valence electrons. The molecule has 0 aliphatic rings. The van der Waals surface area contributed by atoms with E-state index in [0.717, 1.165) is 5.75 Å². The van der Waals surface area contributed by atoms with E-state index in [1.165, 1.54) is 6.42 Å². The van der Waals surface area contributed by atoms with E-state index in [1.54, 1.807) is 11.3 Å². The minimum Gasteiger partial charge on any atom is -0.179 e. The summed E-state index contributed by atoms with van der Waals surface area (Å²) < 4.78 is 0. The van der Waals surface area contributed by atoms with Gasteiger partial charge in [0.05, 0.1) is 0 Å². The minimum absolute atomic E-state index is 1.01. The van der Waals surface area contributed by atoms with E-state index in [2.05, 4.69) is 19.6 Å². The monoisotopic (exact) mass is 160 g/mol. The second-order valence-corrected chi connectivity index (χ2v) is 2.78. The maximum absolute atomic E-state index is 3.92. The van der Waals surface area contributed by atoms with Crippen LogP contribution in [0.3, 0.4) is 0 Å². The summed E-state index contributed by atoms with van der Waals surface area (Å²) in [5.41, 5.74) is 0. The van der Waals surface area contributed by atoms with Crippen molar-refractivity contribution in [3.63, 3.8) is 0 Å². The Morgan fingerprint density at radius 3 is 1.89 bits per heavy atom. The van der Waals surface area contributed by atoms with Crippen LogP contribution >= 0.6 is 24.0 Å². The van der Waals surface area contributed by atoms with Gasteiger partial charge >= 0.3 is 0 Å². The van der Waals surface area contributed by atoms with Gasteiger partial charge in [0.1, 0.15) is 0 Å². The Kier molecular flexibility index (Phi) is 8.09. The maximum atomic E-state index is 3.92. The lowest BCUT2D eigenvalue weighted by molar-refractivity contribution is 1.11. The summed E-state index contributed by atoms with van der Waals surface area (Å²) in [6, 6.07) is 4.04. The number of rotatable bonds is 1. The second kappa shape index (κ2) is 8.05. The van der Waals surface area contributed by atoms with Crippen LogP contribution in [0, 0.1) is 0 Å². The molecule has 1 rings (SSSR count). The summed E-state index contributed by atoms with van der Waals surface area (Å²) >= 11 is 5.63. The average molecular weight is 160 g/mol. The first-order valence-electron chi connectivity index (χ1n) is 2.99. The maximum Gasteiger partial charge on any atom is -0.00934 e. The van der Waals surface area contributed by atoms with Crippen LogP contribution in [0.1, 0.15) is 13.3 Å². The topological polar surface area (TPSA) is 0 Å². The van der Waals surface area contributed by atoms with Gasteiger partial charge in [-0.2, -0.15) is 24.0 Å². The third-order valence-electron chi connectivity index (χ3n) is 0.649. The fourth-order valence-electron chi connectivity index (χ4n) is 0.227. The van der Waals surface area contributed by atoms with Crippen molar-refractivity contribution >= 4 is 24.0 Å². The van der Waals surface area contributed by atoms with E-state index in [1.807, 2.05) is 22.9 Å². The number of thiophene rings is 1. The first-order chi connectivity index (χ1) is 4.41. The van der Waals surface area contributed by atoms with E-state index in [4.69, 9.17) is 0 Å². The molecule has 0 bridgehead atoms. The molecule has 0 amide bonds. The minimum atomic E-state index is 1.01. The van der Waals surface area contributed by atoms with Crippen molar-refractivity contribution in [1.82, 2.24) is 0 Å². The summed E-state index contributed by atoms with van der Waals surface area (Å²) in [5, 5.41) is 4.08. The van der Waals surface area contributed by atoms with Crippen LogP contribution in [0.2, 0.25) is 0 Å². The summed E-state index contributed by atoms with van der Waals surface area (Å²) in [6.45, 7) is 2.10. The molecule has 0 saturated heterocycles. The van der Waals surface area contributed by atoms with Gasteiger partial charge in [0, 0.05) is 0 Å². The standard InChI is InChI=1S/C4H4S.C3H8S/c1-2-4-5-3-1;1-2-3-4/h1-4H;4H,2-3H2,1H3. The first kappa shape index (κ1) is 9.05. The van der Waals surface area contributed by atoms with Crippen molar-refractivity contribution in [2.45, 2.75) is 13.3 Å². The van der Waals surface area contributed by atoms with E-state index in [0.29, 0.717) is 0 Å². The molecule has 0 aromatic carbocycles. The van der Waals surface area contributed by atoms with Crippen LogP contribution < -0.4 is 0 Å². The number of hydrogen-bond donors (Lipinski definition) is 1. The van der Waals surface area contributed by atoms with E-state index >= 15 is 0 Å². The zero-order valence-electron chi connectivity index (χ0n) is 5.58. The van der Waals surface area contributed by atoms with Crippen LogP contribution in [-0.2, 0) is 0 Å². The molecule has 0 saturated carbocycles. The summed E-state index contributed by atoms with van der Waals surface area (Å²) in [6.07, 6.45) is 1.18. The quantitative estimate of drug-likeness (QED) is 0.600. The average Bonchev–Trinajstić information content (AvgIpc) is 2.43. The molecule has 0 atom stereocenters. The fraction of sp³-hybridized carbons (Fsp3) is 0.429. The highest BCUT2D eigenvalue weighted by Gasteiger charge is 1.58. The van der Waals surface area contributed by atoms with Gasteiger partial charge in [0.25, 0.3) is 0 Å². The fourth-order valence-corrected chi connectivity index (χ4v) is 0.680. The molecule has 0 nitrogen and oxygen atoms in total. The van der Waals surface area contributed by atoms with Crippen LogP contribution in [0.4, 0.5) is 0 Å². The molecular weight excluding hydrogens is 148 g/mol. The van der Waals surface area contributed by atoms with Crippen molar-refractivity contribution in [2.75, 3.05) is 5.75 Å². The normalized spacial score (nSPS) is 7.78. The van der Waals surface area contributed by atoms with Crippen molar-refractivity contribution in [2.24, 2.45) is 0 Å². The molecule has 0 radical (unpaired) electrons. The molecule has 0 unspecified atom stereocenters. The molecule has 0 spiro atoms. The van der Waals surface area contributed by atoms with Crippen molar-refractivity contribution in [1.29, 1.82) is 0 Å². The molecular formula is C7H12S2. The Morgan fingerprint density at radius 1 is 1.33 bits per heavy atom. The molecule has 0 aliphatic carbocycles. The van der Waals surface area contributed by atoms with Gasteiger partial charge in [0.2, 0.25) is 0 Å². The van der Waals surface area contributed by atoms with E-state index < -0.39 is 0 Å². The Hall–Kier alpha value is 0.0500. The zero-order chi connectivity index (χ0) is 6.95. The predicted octanol–water partition coefficient (Wildman–Crippen LogP) is 3.07. The highest BCUT2D eigenvalue weighted by molar-refractivity contribution is 7.80. The largest absolute Gasteiger partial charge is 0.179 e. The molecule has 1 aromatic rings. The van der Waals surface area contributed by atoms with Gasteiger partial charge in [-0.15, -0.1) is 0 Å². The summed E-state index contributed by atoms with van der Waals surface area (Å²) in [5.74, 6) is 1.01. The second-order valence-electron chi connectivity index (χ2n) is 1.52. The first-order valence-corrected chi connectivity index (χ1v) is 4.57. The Bertz CT molecular complexity index is 82.4. The lowest BCUT2D eigenvalue weighted by atomic mass is 10.6. The number of hydrogen-bond acceptors (Lipinski definition) is 2. The van der Waals surface area contributed by atoms with E-state index in [-0.39, 0.29) is 0 Å². The van der Waals surface area contributed by atoms with Gasteiger partial charge in [-0.05, 0) is 22.9 Å². The summed E-state index contributed by atoms with van der Waals surface area (Å²) in [7, 11) is 0. The highest BCUT2D eigenvalue weighted by atomic mass is 32.1. The van der Waals surface area contributed by atoms with Gasteiger partial charge in [0.15, 0.2) is 0 Å². The molecule has 9 heavy (non-hydrogen) atoms. The van der Waals surface area contributed by atoms with Crippen molar-refractivity contribution in [3.05, 3.63) is 22.9 Å². The van der Waals surface area contributed by atoms with Crippen molar-refractivity contribution < 1.29 is 0 Å². The lowest BCUT2D eigenvalue weighted by Crippen LogP contribution is -1.56. The molecule has 1 heterocycles. The number of thiol groups is 1. The predicted molar refractivity (Wildman–Crippen MR) is 48.5 cm³/mol.